The Morgan fingerprint density at radius 3 is 2.82 bits per heavy atom. The number of rotatable bonds is 1. The van der Waals surface area contributed by atoms with Crippen molar-refractivity contribution in [2.24, 2.45) is 0 Å². The van der Waals surface area contributed by atoms with Gasteiger partial charge in [0.2, 0.25) is 5.12 Å². The highest BCUT2D eigenvalue weighted by atomic mass is 35.5. The number of carbonyl (C=O) groups is 1. The number of carboxylic acid groups (broad SMARTS) is 1. The normalized spacial score (nSPS) is 27.7. The second-order valence-electron chi connectivity index (χ2n) is 2.00. The summed E-state index contributed by atoms with van der Waals surface area (Å²) >= 11 is 5.73. The van der Waals surface area contributed by atoms with E-state index in [-0.39, 0.29) is 0 Å². The van der Waals surface area contributed by atoms with Gasteiger partial charge in [0.25, 0.3) is 0 Å². The van der Waals surface area contributed by atoms with Gasteiger partial charge in [-0.15, -0.1) is 0 Å². The van der Waals surface area contributed by atoms with E-state index >= 15 is 0 Å². The number of halogens is 1. The van der Waals surface area contributed by atoms with Crippen molar-refractivity contribution in [3.8, 4) is 0 Å². The van der Waals surface area contributed by atoms with Crippen molar-refractivity contribution < 1.29 is 9.90 Å². The molecule has 0 fully saturated rings. The summed E-state index contributed by atoms with van der Waals surface area (Å²) in [5.41, 5.74) is 0. The van der Waals surface area contributed by atoms with Gasteiger partial charge in [-0.1, -0.05) is 17.7 Å². The minimum Gasteiger partial charge on any atom is -0.465 e. The van der Waals surface area contributed by atoms with Crippen molar-refractivity contribution in [1.29, 1.82) is 0 Å². The number of amides is 1. The summed E-state index contributed by atoms with van der Waals surface area (Å²) in [6.07, 6.45) is 5.25. The fraction of sp³-hybridized carbons (Fsp3) is 0.167. The Labute approximate surface area is 68.5 Å². The fourth-order valence-corrected chi connectivity index (χ4v) is 0.911. The second-order valence-corrected chi connectivity index (χ2v) is 2.60. The minimum absolute atomic E-state index is 1.17. The van der Waals surface area contributed by atoms with Gasteiger partial charge in [0.1, 0.15) is 0 Å². The van der Waals surface area contributed by atoms with Crippen LogP contribution in [0.4, 0.5) is 4.79 Å². The predicted molar refractivity (Wildman–Crippen MR) is 41.2 cm³/mol. The maximum absolute atomic E-state index is 10.2. The third-order valence-corrected chi connectivity index (χ3v) is 1.45. The molecule has 0 aromatic carbocycles. The average Bonchev–Trinajstić information content (AvgIpc) is 1.85. The van der Waals surface area contributed by atoms with Gasteiger partial charge in [0.05, 0.1) is 0 Å². The third kappa shape index (κ3) is 2.16. The van der Waals surface area contributed by atoms with Crippen LogP contribution in [0.25, 0.3) is 0 Å². The average molecular weight is 175 g/mol. The van der Waals surface area contributed by atoms with Crippen LogP contribution in [0.2, 0.25) is 0 Å². The lowest BCUT2D eigenvalue weighted by atomic mass is 10.3. The summed E-state index contributed by atoms with van der Waals surface area (Å²) in [6.45, 7) is 0. The van der Waals surface area contributed by atoms with Crippen LogP contribution in [0, 0.1) is 0 Å². The van der Waals surface area contributed by atoms with Gasteiger partial charge < -0.3 is 10.4 Å². The van der Waals surface area contributed by atoms with Crippen LogP contribution in [0.15, 0.2) is 24.4 Å². The van der Waals surface area contributed by atoms with E-state index in [2.05, 4.69) is 10.6 Å². The highest BCUT2D eigenvalue weighted by Gasteiger charge is 2.24. The van der Waals surface area contributed by atoms with E-state index in [1.165, 1.54) is 6.08 Å². The molecule has 1 unspecified atom stereocenters. The number of allylic oxidation sites excluding steroid dienone is 2. The smallest absolute Gasteiger partial charge is 0.407 e. The van der Waals surface area contributed by atoms with Gasteiger partial charge in [-0.05, 0) is 18.4 Å². The summed E-state index contributed by atoms with van der Waals surface area (Å²) in [5.74, 6) is 0. The zero-order valence-corrected chi connectivity index (χ0v) is 6.30. The van der Waals surface area contributed by atoms with Gasteiger partial charge in [0, 0.05) is 0 Å². The van der Waals surface area contributed by atoms with E-state index in [9.17, 15) is 4.79 Å². The molecule has 60 valence electrons. The standard InChI is InChI=1S/C6H7ClN2O2/c7-6(9-5(10)11)3-1-2-4-8-6/h1-4,8-9H,(H,10,11). The van der Waals surface area contributed by atoms with Crippen LogP contribution in [0.3, 0.4) is 0 Å². The summed E-state index contributed by atoms with van der Waals surface area (Å²) in [4.78, 5) is 10.2. The van der Waals surface area contributed by atoms with E-state index in [0.29, 0.717) is 0 Å². The molecule has 0 aromatic heterocycles. The van der Waals surface area contributed by atoms with Gasteiger partial charge >= 0.3 is 6.09 Å². The van der Waals surface area contributed by atoms with Gasteiger partial charge in [-0.3, -0.25) is 5.32 Å². The first-order valence-electron chi connectivity index (χ1n) is 2.94. The van der Waals surface area contributed by atoms with Crippen molar-refractivity contribution in [2.75, 3.05) is 0 Å². The number of dihydropyridines is 1. The quantitative estimate of drug-likeness (QED) is 0.408. The Balaban J connectivity index is 2.61. The van der Waals surface area contributed by atoms with E-state index in [1.54, 1.807) is 18.4 Å². The van der Waals surface area contributed by atoms with E-state index in [1.807, 2.05) is 0 Å². The molecule has 4 nitrogen and oxygen atoms in total. The first-order valence-corrected chi connectivity index (χ1v) is 3.32. The minimum atomic E-state index is -1.19. The van der Waals surface area contributed by atoms with Crippen molar-refractivity contribution in [3.05, 3.63) is 24.4 Å². The lowest BCUT2D eigenvalue weighted by Gasteiger charge is -2.24. The molecule has 0 radical (unpaired) electrons. The first kappa shape index (κ1) is 7.94. The summed E-state index contributed by atoms with van der Waals surface area (Å²) in [5, 5.41) is 11.9. The van der Waals surface area contributed by atoms with Gasteiger partial charge in [0.15, 0.2) is 0 Å². The van der Waals surface area contributed by atoms with Gasteiger partial charge in [-0.25, -0.2) is 4.79 Å². The Morgan fingerprint density at radius 1 is 1.64 bits per heavy atom. The topological polar surface area (TPSA) is 61.4 Å². The molecule has 0 saturated heterocycles. The molecule has 1 aliphatic rings. The maximum Gasteiger partial charge on any atom is 0.407 e. The molecule has 0 spiro atoms. The largest absolute Gasteiger partial charge is 0.465 e. The van der Waals surface area contributed by atoms with Crippen LogP contribution in [0.1, 0.15) is 0 Å². The molecular weight excluding hydrogens is 168 g/mol. The van der Waals surface area contributed by atoms with Crippen LogP contribution < -0.4 is 10.6 Å². The predicted octanol–water partition coefficient (Wildman–Crippen LogP) is 0.820. The van der Waals surface area contributed by atoms with Crippen LogP contribution in [-0.2, 0) is 0 Å². The van der Waals surface area contributed by atoms with Gasteiger partial charge in [-0.2, -0.15) is 0 Å². The Morgan fingerprint density at radius 2 is 2.36 bits per heavy atom. The molecule has 0 aromatic rings. The molecule has 1 atom stereocenters. The van der Waals surface area contributed by atoms with E-state index in [4.69, 9.17) is 16.7 Å². The lowest BCUT2D eigenvalue weighted by Crippen LogP contribution is -2.51. The summed E-state index contributed by atoms with van der Waals surface area (Å²) < 4.78 is 0. The first-order chi connectivity index (χ1) is 5.12. The highest BCUT2D eigenvalue weighted by molar-refractivity contribution is 6.25. The molecule has 3 N–H and O–H groups in total. The third-order valence-electron chi connectivity index (χ3n) is 1.12. The summed E-state index contributed by atoms with van der Waals surface area (Å²) in [7, 11) is 0. The Bertz CT molecular complexity index is 227. The van der Waals surface area contributed by atoms with Crippen molar-refractivity contribution in [2.45, 2.75) is 5.12 Å². The molecule has 0 aliphatic carbocycles. The number of alkyl halides is 1. The Hall–Kier alpha value is -1.16. The zero-order chi connectivity index (χ0) is 8.32. The molecule has 1 amide bonds. The fourth-order valence-electron chi connectivity index (χ4n) is 0.695. The highest BCUT2D eigenvalue weighted by Crippen LogP contribution is 2.11. The molecule has 11 heavy (non-hydrogen) atoms. The lowest BCUT2D eigenvalue weighted by molar-refractivity contribution is 0.188. The molecule has 1 aliphatic heterocycles. The van der Waals surface area contributed by atoms with Crippen LogP contribution in [-0.4, -0.2) is 16.3 Å². The van der Waals surface area contributed by atoms with Crippen LogP contribution >= 0.6 is 11.6 Å². The monoisotopic (exact) mass is 174 g/mol. The van der Waals surface area contributed by atoms with E-state index in [0.717, 1.165) is 0 Å². The Kier molecular flexibility index (Phi) is 2.05. The van der Waals surface area contributed by atoms with Crippen molar-refractivity contribution >= 4 is 17.7 Å². The van der Waals surface area contributed by atoms with Crippen LogP contribution in [0.5, 0.6) is 0 Å². The number of hydrogen-bond donors (Lipinski definition) is 3. The molecule has 0 saturated carbocycles. The van der Waals surface area contributed by atoms with Crippen molar-refractivity contribution in [1.82, 2.24) is 10.6 Å². The molecule has 1 rings (SSSR count). The number of hydrogen-bond acceptors (Lipinski definition) is 2. The SMILES string of the molecule is O=C(O)NC1(Cl)C=CC=CN1. The zero-order valence-electron chi connectivity index (χ0n) is 5.54. The molecule has 1 heterocycles. The molecule has 0 bridgehead atoms. The second kappa shape index (κ2) is 2.84. The summed E-state index contributed by atoms with van der Waals surface area (Å²) in [6, 6.07) is 0. The maximum atomic E-state index is 10.2. The number of nitrogens with one attached hydrogen (secondary N) is 2. The molecular formula is C6H7ClN2O2. The van der Waals surface area contributed by atoms with Crippen molar-refractivity contribution in [3.63, 3.8) is 0 Å². The molecule has 5 heteroatoms. The van der Waals surface area contributed by atoms with E-state index < -0.39 is 11.2 Å².